The highest BCUT2D eigenvalue weighted by Crippen LogP contribution is 2.21. The second-order valence-electron chi connectivity index (χ2n) is 4.88. The minimum Gasteiger partial charge on any atom is -0.355 e. The molecule has 1 rings (SSSR count). The third kappa shape index (κ3) is 3.95. The van der Waals surface area contributed by atoms with Crippen molar-refractivity contribution in [1.29, 1.82) is 0 Å². The van der Waals surface area contributed by atoms with Gasteiger partial charge in [-0.15, -0.1) is 0 Å². The van der Waals surface area contributed by atoms with E-state index < -0.39 is 5.54 Å². The van der Waals surface area contributed by atoms with Crippen LogP contribution in [0.1, 0.15) is 31.1 Å². The summed E-state index contributed by atoms with van der Waals surface area (Å²) in [6.07, 6.45) is 0. The highest BCUT2D eigenvalue weighted by atomic mass is 35.5. The summed E-state index contributed by atoms with van der Waals surface area (Å²) in [5, 5.41) is 8.70. The summed E-state index contributed by atoms with van der Waals surface area (Å²) in [7, 11) is 1.53. The molecule has 0 aliphatic rings. The van der Waals surface area contributed by atoms with Crippen LogP contribution in [0, 0.1) is 0 Å². The first kappa shape index (κ1) is 16.5. The van der Waals surface area contributed by atoms with Crippen molar-refractivity contribution in [3.8, 4) is 0 Å². The Morgan fingerprint density at radius 3 is 2.50 bits per heavy atom. The van der Waals surface area contributed by atoms with Gasteiger partial charge in [-0.1, -0.05) is 18.5 Å². The zero-order valence-corrected chi connectivity index (χ0v) is 12.9. The molecule has 0 bridgehead atoms. The number of carbonyl (C=O) groups is 2. The maximum Gasteiger partial charge on any atom is 0.252 e. The molecule has 0 aliphatic heterocycles. The molecule has 0 fully saturated rings. The summed E-state index contributed by atoms with van der Waals surface area (Å²) in [6.45, 7) is 6.20. The maximum atomic E-state index is 12.2. The molecular weight excluding hydrogens is 278 g/mol. The lowest BCUT2D eigenvalue weighted by molar-refractivity contribution is -0.121. The van der Waals surface area contributed by atoms with Crippen LogP contribution in [0.4, 0.5) is 5.69 Å². The average Bonchev–Trinajstić information content (AvgIpc) is 2.39. The van der Waals surface area contributed by atoms with E-state index in [9.17, 15) is 9.59 Å². The number of rotatable bonds is 5. The maximum absolute atomic E-state index is 12.2. The minimum absolute atomic E-state index is 0.176. The van der Waals surface area contributed by atoms with Crippen LogP contribution in [0.2, 0.25) is 5.02 Å². The number of hydrogen-bond donors (Lipinski definition) is 3. The smallest absolute Gasteiger partial charge is 0.252 e. The van der Waals surface area contributed by atoms with Crippen LogP contribution >= 0.6 is 11.6 Å². The Kier molecular flexibility index (Phi) is 5.53. The highest BCUT2D eigenvalue weighted by molar-refractivity contribution is 6.34. The molecular formula is C14H20ClN3O2. The Labute approximate surface area is 124 Å². The van der Waals surface area contributed by atoms with Gasteiger partial charge in [0.1, 0.15) is 0 Å². The first-order valence-electron chi connectivity index (χ1n) is 6.40. The zero-order chi connectivity index (χ0) is 15.3. The molecule has 1 aromatic carbocycles. The molecule has 1 aromatic rings. The van der Waals surface area contributed by atoms with Crippen molar-refractivity contribution < 1.29 is 9.59 Å². The number of nitrogens with one attached hydrogen (secondary N) is 3. The molecule has 110 valence electrons. The van der Waals surface area contributed by atoms with E-state index in [-0.39, 0.29) is 11.8 Å². The molecule has 0 unspecified atom stereocenters. The minimum atomic E-state index is -0.693. The summed E-state index contributed by atoms with van der Waals surface area (Å²) in [6, 6.07) is 4.80. The third-order valence-electron chi connectivity index (χ3n) is 2.88. The van der Waals surface area contributed by atoms with Gasteiger partial charge in [0.2, 0.25) is 5.91 Å². The molecule has 0 aromatic heterocycles. The fourth-order valence-corrected chi connectivity index (χ4v) is 1.92. The summed E-state index contributed by atoms with van der Waals surface area (Å²) in [4.78, 5) is 23.8. The Balaban J connectivity index is 2.94. The van der Waals surface area contributed by atoms with Crippen molar-refractivity contribution in [3.63, 3.8) is 0 Å². The fraction of sp³-hybridized carbons (Fsp3) is 0.429. The summed E-state index contributed by atoms with van der Waals surface area (Å²) in [5.74, 6) is -0.471. The van der Waals surface area contributed by atoms with Gasteiger partial charge in [-0.25, -0.2) is 0 Å². The van der Waals surface area contributed by atoms with Crippen molar-refractivity contribution in [2.75, 3.05) is 18.9 Å². The van der Waals surface area contributed by atoms with Gasteiger partial charge in [-0.05, 0) is 38.6 Å². The number of halogens is 1. The number of anilines is 1. The van der Waals surface area contributed by atoms with Gasteiger partial charge in [0.05, 0.1) is 16.1 Å². The SMILES string of the molecule is CCNC(C)(C)C(=O)Nc1ccc(Cl)c(C(=O)NC)c1. The van der Waals surface area contributed by atoms with Crippen LogP contribution in [0.25, 0.3) is 0 Å². The Bertz CT molecular complexity index is 515. The highest BCUT2D eigenvalue weighted by Gasteiger charge is 2.26. The van der Waals surface area contributed by atoms with Crippen molar-refractivity contribution in [1.82, 2.24) is 10.6 Å². The van der Waals surface area contributed by atoms with Crippen LogP contribution in [0.3, 0.4) is 0 Å². The van der Waals surface area contributed by atoms with E-state index in [0.717, 1.165) is 0 Å². The molecule has 0 heterocycles. The van der Waals surface area contributed by atoms with E-state index in [1.54, 1.807) is 32.0 Å². The molecule has 20 heavy (non-hydrogen) atoms. The lowest BCUT2D eigenvalue weighted by Gasteiger charge is -2.24. The molecule has 0 aliphatic carbocycles. The van der Waals surface area contributed by atoms with Crippen LogP contribution in [-0.2, 0) is 4.79 Å². The van der Waals surface area contributed by atoms with Gasteiger partial charge < -0.3 is 16.0 Å². The Hall–Kier alpha value is -1.59. The quantitative estimate of drug-likeness (QED) is 0.779. The topological polar surface area (TPSA) is 70.2 Å². The molecule has 0 atom stereocenters. The van der Waals surface area contributed by atoms with E-state index >= 15 is 0 Å². The first-order chi connectivity index (χ1) is 9.31. The third-order valence-corrected chi connectivity index (χ3v) is 3.21. The number of benzene rings is 1. The fourth-order valence-electron chi connectivity index (χ4n) is 1.72. The second kappa shape index (κ2) is 6.72. The van der Waals surface area contributed by atoms with E-state index in [1.807, 2.05) is 6.92 Å². The predicted octanol–water partition coefficient (Wildman–Crippen LogP) is 2.03. The van der Waals surface area contributed by atoms with Gasteiger partial charge in [0, 0.05) is 12.7 Å². The van der Waals surface area contributed by atoms with Crippen LogP contribution < -0.4 is 16.0 Å². The number of amides is 2. The molecule has 2 amide bonds. The van der Waals surface area contributed by atoms with Gasteiger partial charge in [0.15, 0.2) is 0 Å². The lowest BCUT2D eigenvalue weighted by Crippen LogP contribution is -2.49. The number of carbonyl (C=O) groups excluding carboxylic acids is 2. The van der Waals surface area contributed by atoms with Crippen molar-refractivity contribution in [2.24, 2.45) is 0 Å². The van der Waals surface area contributed by atoms with Gasteiger partial charge >= 0.3 is 0 Å². The predicted molar refractivity (Wildman–Crippen MR) is 81.2 cm³/mol. The molecule has 0 saturated carbocycles. The Morgan fingerprint density at radius 2 is 1.95 bits per heavy atom. The van der Waals surface area contributed by atoms with Crippen molar-refractivity contribution in [2.45, 2.75) is 26.3 Å². The van der Waals surface area contributed by atoms with E-state index in [4.69, 9.17) is 11.6 Å². The standard InChI is InChI=1S/C14H20ClN3O2/c1-5-17-14(2,3)13(20)18-9-6-7-11(15)10(8-9)12(19)16-4/h6-8,17H,5H2,1-4H3,(H,16,19)(H,18,20). The Morgan fingerprint density at radius 1 is 1.30 bits per heavy atom. The monoisotopic (exact) mass is 297 g/mol. The first-order valence-corrected chi connectivity index (χ1v) is 6.77. The van der Waals surface area contributed by atoms with E-state index in [1.165, 1.54) is 7.05 Å². The average molecular weight is 298 g/mol. The van der Waals surface area contributed by atoms with Gasteiger partial charge in [0.25, 0.3) is 5.91 Å². The van der Waals surface area contributed by atoms with E-state index in [2.05, 4.69) is 16.0 Å². The molecule has 0 spiro atoms. The number of likely N-dealkylation sites (N-methyl/N-ethyl adjacent to an activating group) is 1. The van der Waals surface area contributed by atoms with Gasteiger partial charge in [-0.3, -0.25) is 9.59 Å². The molecule has 0 saturated heterocycles. The summed E-state index contributed by atoms with van der Waals surface area (Å²) in [5.41, 5.74) is 0.166. The van der Waals surface area contributed by atoms with Gasteiger partial charge in [-0.2, -0.15) is 0 Å². The lowest BCUT2D eigenvalue weighted by atomic mass is 10.0. The van der Waals surface area contributed by atoms with E-state index in [0.29, 0.717) is 22.8 Å². The molecule has 0 radical (unpaired) electrons. The normalized spacial score (nSPS) is 11.1. The van der Waals surface area contributed by atoms with Crippen molar-refractivity contribution in [3.05, 3.63) is 28.8 Å². The van der Waals surface area contributed by atoms with Crippen LogP contribution in [-0.4, -0.2) is 30.9 Å². The number of hydrogen-bond acceptors (Lipinski definition) is 3. The largest absolute Gasteiger partial charge is 0.355 e. The van der Waals surface area contributed by atoms with Crippen LogP contribution in [0.5, 0.6) is 0 Å². The molecule has 6 heteroatoms. The molecule has 5 nitrogen and oxygen atoms in total. The van der Waals surface area contributed by atoms with Crippen LogP contribution in [0.15, 0.2) is 18.2 Å². The second-order valence-corrected chi connectivity index (χ2v) is 5.29. The molecule has 3 N–H and O–H groups in total. The zero-order valence-electron chi connectivity index (χ0n) is 12.1. The summed E-state index contributed by atoms with van der Waals surface area (Å²) < 4.78 is 0. The summed E-state index contributed by atoms with van der Waals surface area (Å²) >= 11 is 5.96. The van der Waals surface area contributed by atoms with Crippen molar-refractivity contribution >= 4 is 29.1 Å².